The Kier molecular flexibility index (Phi) is 4.47. The number of nitrogens with zero attached hydrogens (tertiary/aromatic N) is 4. The topological polar surface area (TPSA) is 84.4 Å². The Balaban J connectivity index is 1.38. The summed E-state index contributed by atoms with van der Waals surface area (Å²) in [7, 11) is 0. The van der Waals surface area contributed by atoms with Gasteiger partial charge in [0.25, 0.3) is 5.91 Å². The number of aryl methyl sites for hydroxylation is 1. The highest BCUT2D eigenvalue weighted by Gasteiger charge is 2.44. The van der Waals surface area contributed by atoms with Crippen LogP contribution in [0.15, 0.2) is 53.6 Å². The van der Waals surface area contributed by atoms with Gasteiger partial charge in [0.2, 0.25) is 0 Å². The van der Waals surface area contributed by atoms with Crippen molar-refractivity contribution in [1.29, 1.82) is 0 Å². The lowest BCUT2D eigenvalue weighted by molar-refractivity contribution is 0.0357. The van der Waals surface area contributed by atoms with Gasteiger partial charge in [-0.3, -0.25) is 4.79 Å². The van der Waals surface area contributed by atoms with E-state index in [2.05, 4.69) is 10.1 Å². The summed E-state index contributed by atoms with van der Waals surface area (Å²) >= 11 is 0. The van der Waals surface area contributed by atoms with Crippen LogP contribution in [0.1, 0.15) is 35.0 Å². The molecule has 29 heavy (non-hydrogen) atoms. The Morgan fingerprint density at radius 3 is 2.66 bits per heavy atom. The van der Waals surface area contributed by atoms with Gasteiger partial charge in [-0.05, 0) is 31.6 Å². The minimum Gasteiger partial charge on any atom is -0.391 e. The SMILES string of the molecule is Cc1onc(-c2ccccc2)c1C(=O)N1C[C@H]2C[C@@H](n3ccnc3)[C@H](O)C[C@H]2C1. The van der Waals surface area contributed by atoms with E-state index in [4.69, 9.17) is 4.52 Å². The molecule has 2 aromatic heterocycles. The number of amides is 1. The van der Waals surface area contributed by atoms with Gasteiger partial charge in [-0.2, -0.15) is 0 Å². The lowest BCUT2D eigenvalue weighted by Gasteiger charge is -2.35. The van der Waals surface area contributed by atoms with Gasteiger partial charge >= 0.3 is 0 Å². The average molecular weight is 392 g/mol. The summed E-state index contributed by atoms with van der Waals surface area (Å²) in [5.41, 5.74) is 2.01. The Morgan fingerprint density at radius 1 is 1.17 bits per heavy atom. The van der Waals surface area contributed by atoms with Crippen LogP contribution in [0.2, 0.25) is 0 Å². The maximum atomic E-state index is 13.4. The summed E-state index contributed by atoms with van der Waals surface area (Å²) < 4.78 is 7.37. The van der Waals surface area contributed by atoms with Crippen LogP contribution in [0.25, 0.3) is 11.3 Å². The quantitative estimate of drug-likeness (QED) is 0.741. The molecule has 0 spiro atoms. The number of aliphatic hydroxyl groups is 1. The van der Waals surface area contributed by atoms with Crippen molar-refractivity contribution in [3.05, 3.63) is 60.4 Å². The van der Waals surface area contributed by atoms with Crippen LogP contribution < -0.4 is 0 Å². The van der Waals surface area contributed by atoms with Crippen molar-refractivity contribution in [2.75, 3.05) is 13.1 Å². The fourth-order valence-corrected chi connectivity index (χ4v) is 4.93. The number of carbonyl (C=O) groups is 1. The third kappa shape index (κ3) is 3.15. The van der Waals surface area contributed by atoms with E-state index in [9.17, 15) is 9.90 Å². The van der Waals surface area contributed by atoms with Crippen molar-refractivity contribution in [2.24, 2.45) is 11.8 Å². The van der Waals surface area contributed by atoms with E-state index < -0.39 is 6.10 Å². The molecule has 5 rings (SSSR count). The highest BCUT2D eigenvalue weighted by Crippen LogP contribution is 2.42. The van der Waals surface area contributed by atoms with Gasteiger partial charge in [0.05, 0.1) is 18.5 Å². The highest BCUT2D eigenvalue weighted by atomic mass is 16.5. The molecule has 1 aliphatic heterocycles. The molecular weight excluding hydrogens is 368 g/mol. The number of aromatic nitrogens is 3. The predicted octanol–water partition coefficient (Wildman–Crippen LogP) is 2.93. The molecule has 1 aromatic carbocycles. The molecule has 7 nitrogen and oxygen atoms in total. The number of benzene rings is 1. The molecule has 2 aliphatic rings. The normalized spacial score (nSPS) is 26.5. The first-order valence-electron chi connectivity index (χ1n) is 10.1. The summed E-state index contributed by atoms with van der Waals surface area (Å²) in [4.78, 5) is 19.4. The molecule has 0 unspecified atom stereocenters. The van der Waals surface area contributed by atoms with E-state index in [0.29, 0.717) is 48.4 Å². The molecule has 1 saturated carbocycles. The number of carbonyl (C=O) groups excluding carboxylic acids is 1. The largest absolute Gasteiger partial charge is 0.391 e. The maximum Gasteiger partial charge on any atom is 0.259 e. The second-order valence-corrected chi connectivity index (χ2v) is 8.17. The molecule has 3 aromatic rings. The summed E-state index contributed by atoms with van der Waals surface area (Å²) in [6.45, 7) is 3.14. The smallest absolute Gasteiger partial charge is 0.259 e. The van der Waals surface area contributed by atoms with E-state index in [1.807, 2.05) is 46.0 Å². The molecule has 3 heterocycles. The summed E-state index contributed by atoms with van der Waals surface area (Å²) in [6, 6.07) is 9.68. The van der Waals surface area contributed by atoms with Crippen LogP contribution in [0.3, 0.4) is 0 Å². The fourth-order valence-electron chi connectivity index (χ4n) is 4.93. The van der Waals surface area contributed by atoms with E-state index >= 15 is 0 Å². The van der Waals surface area contributed by atoms with E-state index in [0.717, 1.165) is 12.0 Å². The van der Waals surface area contributed by atoms with Crippen molar-refractivity contribution in [3.63, 3.8) is 0 Å². The number of hydrogen-bond acceptors (Lipinski definition) is 5. The molecule has 1 aliphatic carbocycles. The van der Waals surface area contributed by atoms with Crippen LogP contribution in [0.5, 0.6) is 0 Å². The molecule has 7 heteroatoms. The van der Waals surface area contributed by atoms with Crippen molar-refractivity contribution in [2.45, 2.75) is 31.9 Å². The minimum atomic E-state index is -0.419. The van der Waals surface area contributed by atoms with Crippen molar-refractivity contribution < 1.29 is 14.4 Å². The summed E-state index contributed by atoms with van der Waals surface area (Å²) in [5.74, 6) is 1.19. The van der Waals surface area contributed by atoms with Gasteiger partial charge in [-0.15, -0.1) is 0 Å². The van der Waals surface area contributed by atoms with Crippen LogP contribution in [-0.4, -0.2) is 49.8 Å². The zero-order valence-electron chi connectivity index (χ0n) is 16.3. The van der Waals surface area contributed by atoms with E-state index in [1.165, 1.54) is 0 Å². The fraction of sp³-hybridized carbons (Fsp3) is 0.409. The number of aliphatic hydroxyl groups excluding tert-OH is 1. The number of rotatable bonds is 3. The second kappa shape index (κ2) is 7.15. The molecule has 1 N–H and O–H groups in total. The van der Waals surface area contributed by atoms with Gasteiger partial charge in [0.15, 0.2) is 0 Å². The molecule has 150 valence electrons. The number of fused-ring (bicyclic) bond motifs is 1. The molecule has 1 saturated heterocycles. The Bertz CT molecular complexity index is 999. The van der Waals surface area contributed by atoms with E-state index in [1.54, 1.807) is 19.4 Å². The number of likely N-dealkylation sites (tertiary alicyclic amines) is 1. The molecule has 4 atom stereocenters. The summed E-state index contributed by atoms with van der Waals surface area (Å²) in [6.07, 6.45) is 6.53. The molecule has 0 radical (unpaired) electrons. The molecule has 0 bridgehead atoms. The zero-order chi connectivity index (χ0) is 20.0. The monoisotopic (exact) mass is 392 g/mol. The number of imidazole rings is 1. The first-order chi connectivity index (χ1) is 14.1. The molecular formula is C22H24N4O3. The van der Waals surface area contributed by atoms with Crippen LogP contribution in [0.4, 0.5) is 0 Å². The maximum absolute atomic E-state index is 13.4. The van der Waals surface area contributed by atoms with Gasteiger partial charge in [0, 0.05) is 31.0 Å². The van der Waals surface area contributed by atoms with Gasteiger partial charge in [-0.1, -0.05) is 35.5 Å². The molecule has 2 fully saturated rings. The van der Waals surface area contributed by atoms with Crippen molar-refractivity contribution in [3.8, 4) is 11.3 Å². The van der Waals surface area contributed by atoms with Crippen molar-refractivity contribution >= 4 is 5.91 Å². The van der Waals surface area contributed by atoms with Gasteiger partial charge in [0.1, 0.15) is 17.0 Å². The van der Waals surface area contributed by atoms with Crippen LogP contribution >= 0.6 is 0 Å². The van der Waals surface area contributed by atoms with Gasteiger partial charge in [-0.25, -0.2) is 4.98 Å². The van der Waals surface area contributed by atoms with Crippen LogP contribution in [-0.2, 0) is 0 Å². The lowest BCUT2D eigenvalue weighted by atomic mass is 9.77. The third-order valence-electron chi connectivity index (χ3n) is 6.43. The Labute approximate surface area is 169 Å². The lowest BCUT2D eigenvalue weighted by Crippen LogP contribution is -2.35. The first kappa shape index (κ1) is 18.1. The van der Waals surface area contributed by atoms with Crippen LogP contribution in [0, 0.1) is 18.8 Å². The Hall–Kier alpha value is -2.93. The van der Waals surface area contributed by atoms with Gasteiger partial charge < -0.3 is 19.1 Å². The van der Waals surface area contributed by atoms with Crippen molar-refractivity contribution in [1.82, 2.24) is 19.6 Å². The third-order valence-corrected chi connectivity index (χ3v) is 6.43. The molecule has 1 amide bonds. The minimum absolute atomic E-state index is 0.0195. The summed E-state index contributed by atoms with van der Waals surface area (Å²) in [5, 5.41) is 14.8. The Morgan fingerprint density at radius 2 is 1.93 bits per heavy atom. The number of hydrogen-bond donors (Lipinski definition) is 1. The predicted molar refractivity (Wildman–Crippen MR) is 106 cm³/mol. The second-order valence-electron chi connectivity index (χ2n) is 8.17. The average Bonchev–Trinajstić information content (AvgIpc) is 3.47. The first-order valence-corrected chi connectivity index (χ1v) is 10.1. The van der Waals surface area contributed by atoms with E-state index in [-0.39, 0.29) is 11.9 Å². The highest BCUT2D eigenvalue weighted by molar-refractivity contribution is 6.00. The zero-order valence-corrected chi connectivity index (χ0v) is 16.3. The standard InChI is InChI=1S/C22H24N4O3/c1-14-20(21(24-29-14)15-5-3-2-4-6-15)22(28)26-11-16-9-18(25-8-7-23-13-25)19(27)10-17(16)12-26/h2-8,13,16-19,27H,9-12H2,1H3/t16-,17+,18-,19-/m1/s1.